The molecular formula is C18H27ClIN5O. The van der Waals surface area contributed by atoms with Gasteiger partial charge in [0.15, 0.2) is 11.8 Å². The first kappa shape index (κ1) is 22.7. The molecule has 0 atom stereocenters. The third-order valence-electron chi connectivity index (χ3n) is 3.73. The van der Waals surface area contributed by atoms with Crippen LogP contribution in [0, 0.1) is 0 Å². The van der Waals surface area contributed by atoms with E-state index in [0.29, 0.717) is 5.89 Å². The first-order chi connectivity index (χ1) is 12.0. The Bertz CT molecular complexity index is 704. The minimum Gasteiger partial charge on any atom is -0.356 e. The molecule has 0 fully saturated rings. The maximum absolute atomic E-state index is 6.04. The number of hydrogen-bond acceptors (Lipinski definition) is 4. The highest BCUT2D eigenvalue weighted by Crippen LogP contribution is 2.12. The van der Waals surface area contributed by atoms with Crippen molar-refractivity contribution in [3.05, 3.63) is 46.6 Å². The van der Waals surface area contributed by atoms with E-state index in [4.69, 9.17) is 16.1 Å². The number of halogens is 2. The number of hydrogen-bond donors (Lipinski definition) is 1. The second-order valence-electron chi connectivity index (χ2n) is 6.26. The van der Waals surface area contributed by atoms with Gasteiger partial charge in [-0.25, -0.2) is 0 Å². The SMILES string of the molecule is CN=C(NCCCc1nc(C(C)C)no1)N(C)Cc1cccc(Cl)c1.I. The molecule has 1 aromatic heterocycles. The summed E-state index contributed by atoms with van der Waals surface area (Å²) in [5.41, 5.74) is 1.14. The molecule has 0 aliphatic rings. The van der Waals surface area contributed by atoms with Crippen LogP contribution in [0.4, 0.5) is 0 Å². The molecule has 0 amide bonds. The van der Waals surface area contributed by atoms with Crippen LogP contribution in [0.15, 0.2) is 33.8 Å². The Balaban J connectivity index is 0.00000338. The number of aliphatic imine (C=N–C) groups is 1. The Morgan fingerprint density at radius 1 is 1.38 bits per heavy atom. The fourth-order valence-corrected chi connectivity index (χ4v) is 2.63. The summed E-state index contributed by atoms with van der Waals surface area (Å²) in [5.74, 6) is 2.58. The van der Waals surface area contributed by atoms with Crippen LogP contribution in [0.5, 0.6) is 0 Å². The minimum atomic E-state index is 0. The van der Waals surface area contributed by atoms with Gasteiger partial charge in [-0.05, 0) is 24.1 Å². The Kier molecular flexibility index (Phi) is 9.93. The van der Waals surface area contributed by atoms with Gasteiger partial charge < -0.3 is 14.7 Å². The number of nitrogens with zero attached hydrogens (tertiary/aromatic N) is 4. The maximum atomic E-state index is 6.04. The van der Waals surface area contributed by atoms with Crippen molar-refractivity contribution in [1.29, 1.82) is 0 Å². The Labute approximate surface area is 177 Å². The monoisotopic (exact) mass is 491 g/mol. The molecule has 1 heterocycles. The number of nitrogens with one attached hydrogen (secondary N) is 1. The van der Waals surface area contributed by atoms with Crippen LogP contribution in [-0.4, -0.2) is 41.6 Å². The van der Waals surface area contributed by atoms with E-state index < -0.39 is 0 Å². The summed E-state index contributed by atoms with van der Waals surface area (Å²) in [7, 11) is 3.78. The zero-order valence-corrected chi connectivity index (χ0v) is 18.8. The van der Waals surface area contributed by atoms with Crippen molar-refractivity contribution in [2.24, 2.45) is 4.99 Å². The summed E-state index contributed by atoms with van der Waals surface area (Å²) >= 11 is 6.04. The van der Waals surface area contributed by atoms with E-state index in [1.54, 1.807) is 7.05 Å². The lowest BCUT2D eigenvalue weighted by molar-refractivity contribution is 0.368. The Morgan fingerprint density at radius 2 is 2.15 bits per heavy atom. The van der Waals surface area contributed by atoms with Gasteiger partial charge in [0.05, 0.1) is 0 Å². The van der Waals surface area contributed by atoms with Crippen molar-refractivity contribution in [2.45, 2.75) is 39.2 Å². The van der Waals surface area contributed by atoms with Crippen molar-refractivity contribution in [2.75, 3.05) is 20.6 Å². The van der Waals surface area contributed by atoms with Gasteiger partial charge in [-0.15, -0.1) is 24.0 Å². The highest BCUT2D eigenvalue weighted by atomic mass is 127. The fraction of sp³-hybridized carbons (Fsp3) is 0.500. The van der Waals surface area contributed by atoms with Crippen molar-refractivity contribution in [1.82, 2.24) is 20.4 Å². The normalized spacial score (nSPS) is 11.4. The van der Waals surface area contributed by atoms with Crippen LogP contribution in [0.1, 0.15) is 43.5 Å². The van der Waals surface area contributed by atoms with Gasteiger partial charge in [0.25, 0.3) is 0 Å². The van der Waals surface area contributed by atoms with Crippen LogP contribution in [0.25, 0.3) is 0 Å². The maximum Gasteiger partial charge on any atom is 0.226 e. The molecular weight excluding hydrogens is 465 g/mol. The van der Waals surface area contributed by atoms with Gasteiger partial charge >= 0.3 is 0 Å². The number of rotatable bonds is 7. The highest BCUT2D eigenvalue weighted by Gasteiger charge is 2.10. The standard InChI is InChI=1S/C18H26ClN5O.HI/c1-13(2)17-22-16(25-23-17)9-6-10-21-18(20-3)24(4)12-14-7-5-8-15(19)11-14;/h5,7-8,11,13H,6,9-10,12H2,1-4H3,(H,20,21);1H. The average Bonchev–Trinajstić information content (AvgIpc) is 3.04. The Hall–Kier alpha value is -1.35. The van der Waals surface area contributed by atoms with Gasteiger partial charge in [0, 0.05) is 44.5 Å². The van der Waals surface area contributed by atoms with Gasteiger partial charge in [-0.1, -0.05) is 42.7 Å². The van der Waals surface area contributed by atoms with E-state index in [-0.39, 0.29) is 29.9 Å². The lowest BCUT2D eigenvalue weighted by Crippen LogP contribution is -2.39. The molecule has 0 radical (unpaired) electrons. The fourth-order valence-electron chi connectivity index (χ4n) is 2.41. The molecule has 0 saturated carbocycles. The molecule has 0 aliphatic carbocycles. The van der Waals surface area contributed by atoms with Crippen LogP contribution in [-0.2, 0) is 13.0 Å². The highest BCUT2D eigenvalue weighted by molar-refractivity contribution is 14.0. The van der Waals surface area contributed by atoms with Gasteiger partial charge in [0.2, 0.25) is 5.89 Å². The summed E-state index contributed by atoms with van der Waals surface area (Å²) in [6.45, 7) is 5.62. The number of benzene rings is 1. The van der Waals surface area contributed by atoms with E-state index in [1.165, 1.54) is 0 Å². The minimum absolute atomic E-state index is 0. The molecule has 1 aromatic carbocycles. The third kappa shape index (κ3) is 7.11. The first-order valence-corrected chi connectivity index (χ1v) is 8.86. The summed E-state index contributed by atoms with van der Waals surface area (Å²) in [5, 5.41) is 8.08. The van der Waals surface area contributed by atoms with E-state index in [9.17, 15) is 0 Å². The van der Waals surface area contributed by atoms with Crippen molar-refractivity contribution in [3.8, 4) is 0 Å². The molecule has 144 valence electrons. The van der Waals surface area contributed by atoms with Gasteiger partial charge in [-0.3, -0.25) is 4.99 Å². The van der Waals surface area contributed by atoms with Gasteiger partial charge in [-0.2, -0.15) is 4.98 Å². The smallest absolute Gasteiger partial charge is 0.226 e. The zero-order valence-electron chi connectivity index (χ0n) is 15.7. The van der Waals surface area contributed by atoms with Crippen LogP contribution in [0.2, 0.25) is 5.02 Å². The van der Waals surface area contributed by atoms with E-state index in [2.05, 4.69) is 45.3 Å². The molecule has 0 bridgehead atoms. The Morgan fingerprint density at radius 3 is 2.77 bits per heavy atom. The van der Waals surface area contributed by atoms with Crippen LogP contribution < -0.4 is 5.32 Å². The van der Waals surface area contributed by atoms with Crippen molar-refractivity contribution in [3.63, 3.8) is 0 Å². The zero-order chi connectivity index (χ0) is 18.2. The lowest BCUT2D eigenvalue weighted by atomic mass is 10.2. The number of aromatic nitrogens is 2. The number of aryl methyl sites for hydroxylation is 1. The summed E-state index contributed by atoms with van der Waals surface area (Å²) < 4.78 is 5.25. The third-order valence-corrected chi connectivity index (χ3v) is 3.97. The topological polar surface area (TPSA) is 66.5 Å². The molecule has 0 saturated heterocycles. The van der Waals surface area contributed by atoms with E-state index >= 15 is 0 Å². The van der Waals surface area contributed by atoms with Gasteiger partial charge in [0.1, 0.15) is 0 Å². The quantitative estimate of drug-likeness (QED) is 0.273. The predicted octanol–water partition coefficient (Wildman–Crippen LogP) is 4.10. The molecule has 0 spiro atoms. The molecule has 2 rings (SSSR count). The molecule has 8 heteroatoms. The van der Waals surface area contributed by atoms with Crippen LogP contribution in [0.3, 0.4) is 0 Å². The second kappa shape index (κ2) is 11.4. The molecule has 26 heavy (non-hydrogen) atoms. The van der Waals surface area contributed by atoms with Crippen molar-refractivity contribution >= 4 is 41.5 Å². The lowest BCUT2D eigenvalue weighted by Gasteiger charge is -2.22. The summed E-state index contributed by atoms with van der Waals surface area (Å²) in [6.07, 6.45) is 1.64. The second-order valence-corrected chi connectivity index (χ2v) is 6.70. The molecule has 1 N–H and O–H groups in total. The first-order valence-electron chi connectivity index (χ1n) is 8.48. The van der Waals surface area contributed by atoms with E-state index in [0.717, 1.165) is 48.3 Å². The van der Waals surface area contributed by atoms with Crippen molar-refractivity contribution < 1.29 is 4.52 Å². The molecule has 0 aliphatic heterocycles. The number of guanidine groups is 1. The van der Waals surface area contributed by atoms with Crippen LogP contribution >= 0.6 is 35.6 Å². The molecule has 2 aromatic rings. The summed E-state index contributed by atoms with van der Waals surface area (Å²) in [4.78, 5) is 10.8. The average molecular weight is 492 g/mol. The van der Waals surface area contributed by atoms with E-state index in [1.807, 2.05) is 25.2 Å². The molecule has 6 nitrogen and oxygen atoms in total. The predicted molar refractivity (Wildman–Crippen MR) is 116 cm³/mol. The largest absolute Gasteiger partial charge is 0.356 e. The molecule has 0 unspecified atom stereocenters. The summed E-state index contributed by atoms with van der Waals surface area (Å²) in [6, 6.07) is 7.85.